The van der Waals surface area contributed by atoms with Gasteiger partial charge in [-0.1, -0.05) is 26.0 Å². The van der Waals surface area contributed by atoms with Gasteiger partial charge in [-0.3, -0.25) is 4.79 Å². The molecule has 0 aliphatic heterocycles. The Labute approximate surface area is 137 Å². The van der Waals surface area contributed by atoms with Crippen LogP contribution < -0.4 is 14.8 Å². The van der Waals surface area contributed by atoms with Crippen LogP contribution in [0.4, 0.5) is 5.69 Å². The van der Waals surface area contributed by atoms with Gasteiger partial charge < -0.3 is 14.8 Å². The maximum absolute atomic E-state index is 13.1. The molecule has 0 aromatic heterocycles. The van der Waals surface area contributed by atoms with E-state index in [0.717, 1.165) is 24.8 Å². The van der Waals surface area contributed by atoms with Crippen LogP contribution >= 0.6 is 0 Å². The first-order chi connectivity index (χ1) is 10.8. The lowest BCUT2D eigenvalue weighted by atomic mass is 9.68. The molecule has 1 amide bonds. The fourth-order valence-corrected chi connectivity index (χ4v) is 4.29. The monoisotopic (exact) mass is 315 g/mol. The summed E-state index contributed by atoms with van der Waals surface area (Å²) < 4.78 is 10.6. The third-order valence-corrected chi connectivity index (χ3v) is 5.98. The summed E-state index contributed by atoms with van der Waals surface area (Å²) in [7, 11) is 3.20. The van der Waals surface area contributed by atoms with Crippen LogP contribution in [0.1, 0.15) is 33.1 Å². The van der Waals surface area contributed by atoms with Crippen molar-refractivity contribution < 1.29 is 14.3 Å². The molecule has 1 aromatic carbocycles. The summed E-state index contributed by atoms with van der Waals surface area (Å²) in [6, 6.07) is 5.42. The van der Waals surface area contributed by atoms with Gasteiger partial charge in [-0.15, -0.1) is 0 Å². The summed E-state index contributed by atoms with van der Waals surface area (Å²) in [5, 5.41) is 3.06. The molecular formula is C19H25NO3. The molecule has 2 atom stereocenters. The molecule has 2 bridgehead atoms. The second kappa shape index (κ2) is 5.29. The average Bonchev–Trinajstić information content (AvgIpc) is 3.07. The smallest absolute Gasteiger partial charge is 0.234 e. The summed E-state index contributed by atoms with van der Waals surface area (Å²) in [6.07, 6.45) is 2.90. The molecule has 1 aromatic rings. The number of nitrogens with one attached hydrogen (secondary N) is 1. The zero-order valence-electron chi connectivity index (χ0n) is 14.4. The Balaban J connectivity index is 1.87. The lowest BCUT2D eigenvalue weighted by Gasteiger charge is -2.37. The van der Waals surface area contributed by atoms with Gasteiger partial charge in [0.25, 0.3) is 0 Å². The highest BCUT2D eigenvalue weighted by atomic mass is 16.5. The van der Waals surface area contributed by atoms with Crippen molar-refractivity contribution in [1.29, 1.82) is 0 Å². The molecule has 124 valence electrons. The number of hydrogen-bond donors (Lipinski definition) is 1. The Morgan fingerprint density at radius 1 is 1.30 bits per heavy atom. The van der Waals surface area contributed by atoms with Crippen LogP contribution in [0, 0.1) is 16.7 Å². The topological polar surface area (TPSA) is 47.6 Å². The molecule has 0 radical (unpaired) electrons. The number of amides is 1. The zero-order valence-corrected chi connectivity index (χ0v) is 14.4. The first-order valence-corrected chi connectivity index (χ1v) is 8.08. The molecule has 4 nitrogen and oxygen atoms in total. The van der Waals surface area contributed by atoms with E-state index in [1.807, 2.05) is 12.1 Å². The van der Waals surface area contributed by atoms with Gasteiger partial charge in [0.15, 0.2) is 0 Å². The van der Waals surface area contributed by atoms with E-state index in [0.29, 0.717) is 23.1 Å². The van der Waals surface area contributed by atoms with Crippen LogP contribution in [-0.4, -0.2) is 20.1 Å². The van der Waals surface area contributed by atoms with Crippen LogP contribution in [0.3, 0.4) is 0 Å². The van der Waals surface area contributed by atoms with Gasteiger partial charge in [-0.05, 0) is 42.7 Å². The summed E-state index contributed by atoms with van der Waals surface area (Å²) in [5.41, 5.74) is 1.36. The summed E-state index contributed by atoms with van der Waals surface area (Å²) in [4.78, 5) is 13.1. The van der Waals surface area contributed by atoms with Gasteiger partial charge in [0.05, 0.1) is 25.3 Å². The number of methoxy groups -OCH3 is 2. The Hall–Kier alpha value is -1.97. The average molecular weight is 315 g/mol. The first kappa shape index (κ1) is 15.9. The summed E-state index contributed by atoms with van der Waals surface area (Å²) in [5.74, 6) is 1.90. The lowest BCUT2D eigenvalue weighted by Crippen LogP contribution is -2.37. The van der Waals surface area contributed by atoms with Crippen molar-refractivity contribution >= 4 is 11.6 Å². The molecule has 2 saturated carbocycles. The van der Waals surface area contributed by atoms with Crippen molar-refractivity contribution in [3.05, 3.63) is 30.4 Å². The van der Waals surface area contributed by atoms with Gasteiger partial charge in [-0.2, -0.15) is 0 Å². The van der Waals surface area contributed by atoms with Crippen molar-refractivity contribution in [2.45, 2.75) is 33.1 Å². The third kappa shape index (κ3) is 2.23. The molecule has 2 fully saturated rings. The largest absolute Gasteiger partial charge is 0.497 e. The molecular weight excluding hydrogens is 290 g/mol. The van der Waals surface area contributed by atoms with E-state index in [2.05, 4.69) is 25.7 Å². The highest BCUT2D eigenvalue weighted by molar-refractivity contribution is 5.99. The van der Waals surface area contributed by atoms with E-state index < -0.39 is 5.41 Å². The highest BCUT2D eigenvalue weighted by Crippen LogP contribution is 2.65. The standard InChI is InChI=1S/C19H25NO3/c1-12-18(2,3)13-8-9-19(12,11-13)17(21)20-15-7-6-14(22-4)10-16(15)23-5/h6-7,10,13H,1,8-9,11H2,2-5H3,(H,20,21)/t13-,19-/m1/s1. The number of rotatable bonds is 4. The van der Waals surface area contributed by atoms with Crippen LogP contribution in [0.15, 0.2) is 30.4 Å². The number of ether oxygens (including phenoxy) is 2. The van der Waals surface area contributed by atoms with Gasteiger partial charge in [0.2, 0.25) is 5.91 Å². The molecule has 23 heavy (non-hydrogen) atoms. The first-order valence-electron chi connectivity index (χ1n) is 8.08. The number of fused-ring (bicyclic) bond motifs is 2. The van der Waals surface area contributed by atoms with Gasteiger partial charge in [0.1, 0.15) is 11.5 Å². The molecule has 2 aliphatic rings. The number of anilines is 1. The Morgan fingerprint density at radius 3 is 2.61 bits per heavy atom. The van der Waals surface area contributed by atoms with Crippen LogP contribution in [0.25, 0.3) is 0 Å². The minimum atomic E-state index is -0.431. The number of hydrogen-bond acceptors (Lipinski definition) is 3. The van der Waals surface area contributed by atoms with Crippen molar-refractivity contribution in [2.75, 3.05) is 19.5 Å². The highest BCUT2D eigenvalue weighted by Gasteiger charge is 2.60. The molecule has 0 heterocycles. The zero-order chi connectivity index (χ0) is 16.8. The number of carbonyl (C=O) groups is 1. The van der Waals surface area contributed by atoms with Crippen molar-refractivity contribution in [3.63, 3.8) is 0 Å². The van der Waals surface area contributed by atoms with Crippen molar-refractivity contribution in [2.24, 2.45) is 16.7 Å². The Bertz CT molecular complexity index is 665. The minimum absolute atomic E-state index is 0.0408. The number of benzene rings is 1. The molecule has 0 spiro atoms. The predicted octanol–water partition coefficient (Wildman–Crippen LogP) is 4.02. The maximum Gasteiger partial charge on any atom is 0.234 e. The van der Waals surface area contributed by atoms with E-state index in [1.54, 1.807) is 20.3 Å². The normalized spacial score (nSPS) is 27.8. The minimum Gasteiger partial charge on any atom is -0.497 e. The van der Waals surface area contributed by atoms with E-state index in [1.165, 1.54) is 0 Å². The molecule has 0 saturated heterocycles. The van der Waals surface area contributed by atoms with Crippen LogP contribution in [0.2, 0.25) is 0 Å². The lowest BCUT2D eigenvalue weighted by molar-refractivity contribution is -0.123. The number of carbonyl (C=O) groups excluding carboxylic acids is 1. The molecule has 3 rings (SSSR count). The second-order valence-corrected chi connectivity index (χ2v) is 7.24. The predicted molar refractivity (Wildman–Crippen MR) is 90.9 cm³/mol. The van der Waals surface area contributed by atoms with Gasteiger partial charge in [-0.25, -0.2) is 0 Å². The fourth-order valence-electron chi connectivity index (χ4n) is 4.29. The maximum atomic E-state index is 13.1. The van der Waals surface area contributed by atoms with Crippen molar-refractivity contribution in [3.8, 4) is 11.5 Å². The molecule has 2 aliphatic carbocycles. The second-order valence-electron chi connectivity index (χ2n) is 7.24. The van der Waals surface area contributed by atoms with E-state index >= 15 is 0 Å². The Kier molecular flexibility index (Phi) is 3.66. The summed E-state index contributed by atoms with van der Waals surface area (Å²) >= 11 is 0. The van der Waals surface area contributed by atoms with E-state index in [9.17, 15) is 4.79 Å². The van der Waals surface area contributed by atoms with Gasteiger partial charge >= 0.3 is 0 Å². The molecule has 1 N–H and O–H groups in total. The van der Waals surface area contributed by atoms with E-state index in [4.69, 9.17) is 9.47 Å². The molecule has 0 unspecified atom stereocenters. The summed E-state index contributed by atoms with van der Waals surface area (Å²) in [6.45, 7) is 8.70. The van der Waals surface area contributed by atoms with Crippen LogP contribution in [-0.2, 0) is 4.79 Å². The SMILES string of the molecule is C=C1C(C)(C)[C@@H]2CC[C@@]1(C(=O)Nc1ccc(OC)cc1OC)C2. The van der Waals surface area contributed by atoms with E-state index in [-0.39, 0.29) is 11.3 Å². The van der Waals surface area contributed by atoms with Crippen molar-refractivity contribution in [1.82, 2.24) is 0 Å². The quantitative estimate of drug-likeness (QED) is 0.854. The molecule has 4 heteroatoms. The fraction of sp³-hybridized carbons (Fsp3) is 0.526. The Morgan fingerprint density at radius 2 is 2.04 bits per heavy atom. The third-order valence-electron chi connectivity index (χ3n) is 5.98. The van der Waals surface area contributed by atoms with Crippen LogP contribution in [0.5, 0.6) is 11.5 Å². The van der Waals surface area contributed by atoms with Gasteiger partial charge in [0, 0.05) is 6.07 Å².